The van der Waals surface area contributed by atoms with Crippen molar-refractivity contribution in [1.29, 1.82) is 0 Å². The first-order valence-corrected chi connectivity index (χ1v) is 7.63. The van der Waals surface area contributed by atoms with Crippen LogP contribution in [0.2, 0.25) is 0 Å². The van der Waals surface area contributed by atoms with E-state index < -0.39 is 0 Å². The van der Waals surface area contributed by atoms with Crippen molar-refractivity contribution in [2.24, 2.45) is 0 Å². The number of hydrogen-bond acceptors (Lipinski definition) is 3. The zero-order valence-electron chi connectivity index (χ0n) is 12.9. The molecule has 0 saturated heterocycles. The van der Waals surface area contributed by atoms with Gasteiger partial charge in [-0.05, 0) is 29.8 Å². The number of hydrogen-bond donors (Lipinski definition) is 0. The fourth-order valence-electron chi connectivity index (χ4n) is 2.51. The molecule has 0 bridgehead atoms. The van der Waals surface area contributed by atoms with E-state index in [1.54, 1.807) is 0 Å². The van der Waals surface area contributed by atoms with Gasteiger partial charge < -0.3 is 5.73 Å². The van der Waals surface area contributed by atoms with Crippen LogP contribution in [0.3, 0.4) is 0 Å². The van der Waals surface area contributed by atoms with Crippen LogP contribution >= 0.6 is 0 Å². The number of benzene rings is 1. The first kappa shape index (κ1) is 15.2. The molecule has 3 rings (SSSR count). The molecule has 0 amide bonds. The average Bonchev–Trinajstić information content (AvgIpc) is 2.59. The Balaban J connectivity index is 1.79. The van der Waals surface area contributed by atoms with Crippen LogP contribution < -0.4 is 0 Å². The molecule has 23 heavy (non-hydrogen) atoms. The maximum atomic E-state index is 8.07. The maximum absolute atomic E-state index is 8.07. The van der Waals surface area contributed by atoms with Gasteiger partial charge in [0, 0.05) is 32.0 Å². The van der Waals surface area contributed by atoms with E-state index in [2.05, 4.69) is 14.9 Å². The van der Waals surface area contributed by atoms with Crippen LogP contribution in [0.25, 0.3) is 5.73 Å². The lowest BCUT2D eigenvalue weighted by molar-refractivity contribution is 0.242. The molecule has 0 atom stereocenters. The van der Waals surface area contributed by atoms with E-state index in [9.17, 15) is 0 Å². The number of rotatable bonds is 6. The molecule has 1 aromatic carbocycles. The topological polar surface area (TPSA) is 52.8 Å². The lowest BCUT2D eigenvalue weighted by Crippen LogP contribution is -2.23. The van der Waals surface area contributed by atoms with E-state index in [1.165, 1.54) is 0 Å². The largest absolute Gasteiger partial charge is 0.698 e. The molecule has 2 aromatic heterocycles. The number of pyridine rings is 2. The Hall–Kier alpha value is -2.72. The summed E-state index contributed by atoms with van der Waals surface area (Å²) in [4.78, 5) is 11.1. The molecule has 0 radical (unpaired) electrons. The third-order valence-corrected chi connectivity index (χ3v) is 3.63. The molecule has 4 heteroatoms. The van der Waals surface area contributed by atoms with Gasteiger partial charge in [-0.15, -0.1) is 5.69 Å². The van der Waals surface area contributed by atoms with Crippen molar-refractivity contribution < 1.29 is 0 Å². The van der Waals surface area contributed by atoms with E-state index in [0.29, 0.717) is 12.2 Å². The van der Waals surface area contributed by atoms with E-state index in [4.69, 9.17) is 5.73 Å². The molecule has 0 saturated carbocycles. The minimum absolute atomic E-state index is 0.569. The third kappa shape index (κ3) is 4.37. The van der Waals surface area contributed by atoms with Gasteiger partial charge in [-0.3, -0.25) is 14.9 Å². The molecule has 0 fully saturated rings. The predicted molar refractivity (Wildman–Crippen MR) is 91.8 cm³/mol. The third-order valence-electron chi connectivity index (χ3n) is 3.63. The van der Waals surface area contributed by atoms with Gasteiger partial charge in [-0.2, -0.15) is 0 Å². The van der Waals surface area contributed by atoms with Gasteiger partial charge in [0.1, 0.15) is 0 Å². The predicted octanol–water partition coefficient (Wildman–Crippen LogP) is 4.36. The minimum Gasteiger partial charge on any atom is -0.698 e. The Kier molecular flexibility index (Phi) is 4.96. The van der Waals surface area contributed by atoms with Gasteiger partial charge >= 0.3 is 0 Å². The summed E-state index contributed by atoms with van der Waals surface area (Å²) in [6, 6.07) is 19.6. The molecule has 1 N–H and O–H groups in total. The monoisotopic (exact) mass is 303 g/mol. The Morgan fingerprint density at radius 3 is 1.78 bits per heavy atom. The van der Waals surface area contributed by atoms with Crippen LogP contribution in [0.15, 0.2) is 73.1 Å². The fraction of sp³-hybridized carbons (Fsp3) is 0.158. The van der Waals surface area contributed by atoms with E-state index in [-0.39, 0.29) is 0 Å². The Labute approximate surface area is 136 Å². The van der Waals surface area contributed by atoms with Crippen LogP contribution in [0.1, 0.15) is 17.0 Å². The summed E-state index contributed by atoms with van der Waals surface area (Å²) >= 11 is 0. The van der Waals surface area contributed by atoms with Crippen LogP contribution in [0.4, 0.5) is 5.69 Å². The minimum atomic E-state index is 0.569. The van der Waals surface area contributed by atoms with Gasteiger partial charge in [-0.1, -0.05) is 36.4 Å². The molecule has 3 aromatic rings. The Morgan fingerprint density at radius 2 is 1.26 bits per heavy atom. The standard InChI is InChI=1S/C19H19N4/c20-19-10-2-1-7-16(19)13-23(14-17-8-3-5-11-21-17)15-18-9-4-6-12-22-18/h1-12,20H,13-15H2/q-1. The van der Waals surface area contributed by atoms with Crippen molar-refractivity contribution in [3.63, 3.8) is 0 Å². The molecular formula is C19H19N4-. The number of nitrogens with one attached hydrogen (secondary N) is 1. The van der Waals surface area contributed by atoms with Gasteiger partial charge in [0.05, 0.1) is 11.4 Å². The summed E-state index contributed by atoms with van der Waals surface area (Å²) < 4.78 is 0. The fourth-order valence-corrected chi connectivity index (χ4v) is 2.51. The lowest BCUT2D eigenvalue weighted by Gasteiger charge is -2.24. The molecule has 0 aliphatic heterocycles. The molecule has 0 spiro atoms. The second-order valence-electron chi connectivity index (χ2n) is 5.44. The van der Waals surface area contributed by atoms with E-state index in [1.807, 2.05) is 73.1 Å². The Morgan fingerprint density at radius 1 is 0.696 bits per heavy atom. The van der Waals surface area contributed by atoms with Crippen LogP contribution in [-0.2, 0) is 19.6 Å². The average molecular weight is 303 g/mol. The summed E-state index contributed by atoms with van der Waals surface area (Å²) in [7, 11) is 0. The zero-order valence-corrected chi connectivity index (χ0v) is 12.9. The summed E-state index contributed by atoms with van der Waals surface area (Å²) in [5.74, 6) is 0. The van der Waals surface area contributed by atoms with Crippen LogP contribution in [-0.4, -0.2) is 14.9 Å². The van der Waals surface area contributed by atoms with Crippen molar-refractivity contribution in [3.8, 4) is 0 Å². The van der Waals surface area contributed by atoms with E-state index in [0.717, 1.165) is 30.0 Å². The summed E-state index contributed by atoms with van der Waals surface area (Å²) in [5, 5.41) is 0. The van der Waals surface area contributed by atoms with Gasteiger partial charge in [-0.25, -0.2) is 0 Å². The summed E-state index contributed by atoms with van der Waals surface area (Å²) in [6.45, 7) is 2.16. The zero-order chi connectivity index (χ0) is 15.9. The number of aromatic nitrogens is 2. The molecule has 2 heterocycles. The molecule has 0 aliphatic rings. The Bertz CT molecular complexity index is 687. The van der Waals surface area contributed by atoms with E-state index >= 15 is 0 Å². The highest BCUT2D eigenvalue weighted by molar-refractivity contribution is 5.50. The molecule has 116 valence electrons. The van der Waals surface area contributed by atoms with Gasteiger partial charge in [0.15, 0.2) is 0 Å². The van der Waals surface area contributed by atoms with Gasteiger partial charge in [0.2, 0.25) is 0 Å². The first-order valence-electron chi connectivity index (χ1n) is 7.63. The molecule has 0 unspecified atom stereocenters. The van der Waals surface area contributed by atoms with Gasteiger partial charge in [0.25, 0.3) is 0 Å². The summed E-state index contributed by atoms with van der Waals surface area (Å²) in [5.41, 5.74) is 11.7. The molecule has 4 nitrogen and oxygen atoms in total. The first-order chi connectivity index (χ1) is 11.3. The highest BCUT2D eigenvalue weighted by Crippen LogP contribution is 2.20. The molecular weight excluding hydrogens is 284 g/mol. The second kappa shape index (κ2) is 7.51. The van der Waals surface area contributed by atoms with Crippen molar-refractivity contribution in [1.82, 2.24) is 14.9 Å². The van der Waals surface area contributed by atoms with Crippen molar-refractivity contribution in [3.05, 3.63) is 95.7 Å². The summed E-state index contributed by atoms with van der Waals surface area (Å²) in [6.07, 6.45) is 3.62. The van der Waals surface area contributed by atoms with Crippen molar-refractivity contribution in [2.75, 3.05) is 0 Å². The van der Waals surface area contributed by atoms with Crippen LogP contribution in [0.5, 0.6) is 0 Å². The number of nitrogens with zero attached hydrogens (tertiary/aromatic N) is 3. The maximum Gasteiger partial charge on any atom is 0.0544 e. The second-order valence-corrected chi connectivity index (χ2v) is 5.44. The van der Waals surface area contributed by atoms with Crippen molar-refractivity contribution in [2.45, 2.75) is 19.6 Å². The smallest absolute Gasteiger partial charge is 0.0544 e. The quantitative estimate of drug-likeness (QED) is 0.679. The normalized spacial score (nSPS) is 10.8. The lowest BCUT2D eigenvalue weighted by atomic mass is 10.1. The SMILES string of the molecule is [NH-]c1ccccc1CN(Cc1ccccn1)Cc1ccccn1. The highest BCUT2D eigenvalue weighted by Gasteiger charge is 2.10. The van der Waals surface area contributed by atoms with Crippen molar-refractivity contribution >= 4 is 5.69 Å². The molecule has 0 aliphatic carbocycles. The highest BCUT2D eigenvalue weighted by atomic mass is 15.1. The van der Waals surface area contributed by atoms with Crippen LogP contribution in [0, 0.1) is 0 Å².